The van der Waals surface area contributed by atoms with E-state index in [1.54, 1.807) is 4.90 Å². The van der Waals surface area contributed by atoms with Crippen LogP contribution in [-0.2, 0) is 6.54 Å². The monoisotopic (exact) mass is 586 g/mol. The van der Waals surface area contributed by atoms with E-state index in [4.69, 9.17) is 10.1 Å². The molecule has 9 heteroatoms. The number of imidazole rings is 1. The Hall–Kier alpha value is -3.60. The second kappa shape index (κ2) is 13.4. The number of carbonyl (C=O) groups excluding carboxylic acids is 1. The van der Waals surface area contributed by atoms with Gasteiger partial charge in [-0.1, -0.05) is 48.0 Å². The largest absolute Gasteiger partial charge is 0.396 e. The molecule has 3 aromatic carbocycles. The molecule has 0 spiro atoms. The van der Waals surface area contributed by atoms with Gasteiger partial charge in [0.2, 0.25) is 0 Å². The van der Waals surface area contributed by atoms with Gasteiger partial charge in [-0.25, -0.2) is 4.98 Å². The van der Waals surface area contributed by atoms with Crippen molar-refractivity contribution in [1.29, 1.82) is 0 Å². The summed E-state index contributed by atoms with van der Waals surface area (Å²) in [7, 11) is 0. The number of aromatic nitrogens is 2. The van der Waals surface area contributed by atoms with E-state index in [9.17, 15) is 20.1 Å². The van der Waals surface area contributed by atoms with Gasteiger partial charge < -0.3 is 29.9 Å². The van der Waals surface area contributed by atoms with Crippen LogP contribution in [0.2, 0.25) is 0 Å². The van der Waals surface area contributed by atoms with Gasteiger partial charge in [0, 0.05) is 57.0 Å². The van der Waals surface area contributed by atoms with Crippen molar-refractivity contribution in [3.05, 3.63) is 77.4 Å². The Kier molecular flexibility index (Phi) is 9.59. The maximum atomic E-state index is 13.5. The van der Waals surface area contributed by atoms with Gasteiger partial charge in [0.05, 0.1) is 23.2 Å². The van der Waals surface area contributed by atoms with E-state index in [0.29, 0.717) is 31.7 Å². The maximum absolute atomic E-state index is 13.5. The lowest BCUT2D eigenvalue weighted by Gasteiger charge is -2.36. The van der Waals surface area contributed by atoms with E-state index in [-0.39, 0.29) is 25.5 Å². The summed E-state index contributed by atoms with van der Waals surface area (Å²) >= 11 is 0. The third kappa shape index (κ3) is 6.51. The lowest BCUT2D eigenvalue weighted by molar-refractivity contribution is -0.0767. The van der Waals surface area contributed by atoms with Crippen LogP contribution in [0.1, 0.15) is 34.8 Å². The number of aryl methyl sites for hydroxylation is 3. The third-order valence-corrected chi connectivity index (χ3v) is 8.47. The van der Waals surface area contributed by atoms with E-state index in [1.807, 2.05) is 29.2 Å². The number of nitrogens with zero attached hydrogens (tertiary/aromatic N) is 4. The summed E-state index contributed by atoms with van der Waals surface area (Å²) in [5.41, 5.74) is 8.12. The zero-order chi connectivity index (χ0) is 30.7. The first-order valence-electron chi connectivity index (χ1n) is 15.1. The minimum absolute atomic E-state index is 0.00175. The molecule has 0 radical (unpaired) electrons. The van der Waals surface area contributed by atoms with Crippen LogP contribution in [0.25, 0.3) is 33.5 Å². The topological polar surface area (TPSA) is 122 Å². The Morgan fingerprint density at radius 3 is 2.28 bits per heavy atom. The summed E-state index contributed by atoms with van der Waals surface area (Å²) in [4.78, 5) is 22.3. The molecule has 1 aromatic heterocycles. The van der Waals surface area contributed by atoms with E-state index >= 15 is 0 Å². The number of carbonyl (C=O) groups is 1. The highest BCUT2D eigenvalue weighted by atomic mass is 16.4. The van der Waals surface area contributed by atoms with Crippen molar-refractivity contribution in [1.82, 2.24) is 19.4 Å². The fourth-order valence-corrected chi connectivity index (χ4v) is 6.07. The molecule has 228 valence electrons. The molecule has 3 unspecified atom stereocenters. The van der Waals surface area contributed by atoms with Crippen LogP contribution in [0.3, 0.4) is 0 Å². The highest BCUT2D eigenvalue weighted by molar-refractivity contribution is 5.98. The standard InChI is InChI=1S/C34H42N4O5/c1-4-38-29-12-10-24(34(43)37-16-14-36(15-17-37)21-31(41)32(42)30(40)13-18-39)20-28(29)35-33(38)27-8-6-5-7-26(27)25-11-9-22(2)19-23(25)3/h5-12,19-20,30-32,39-42H,4,13-18,21H2,1-3H3. The number of piperazine rings is 1. The van der Waals surface area contributed by atoms with Crippen LogP contribution >= 0.6 is 0 Å². The number of amides is 1. The molecular weight excluding hydrogens is 544 g/mol. The van der Waals surface area contributed by atoms with Crippen molar-refractivity contribution in [3.8, 4) is 22.5 Å². The Labute approximate surface area is 252 Å². The lowest BCUT2D eigenvalue weighted by Crippen LogP contribution is -2.52. The average Bonchev–Trinajstić information content (AvgIpc) is 3.38. The minimum Gasteiger partial charge on any atom is -0.396 e. The van der Waals surface area contributed by atoms with Gasteiger partial charge in [0.1, 0.15) is 11.9 Å². The Balaban J connectivity index is 1.34. The molecule has 0 bridgehead atoms. The van der Waals surface area contributed by atoms with Gasteiger partial charge in [-0.05, 0) is 62.1 Å². The van der Waals surface area contributed by atoms with Crippen LogP contribution in [0, 0.1) is 13.8 Å². The molecule has 2 heterocycles. The second-order valence-electron chi connectivity index (χ2n) is 11.5. The van der Waals surface area contributed by atoms with Gasteiger partial charge in [0.15, 0.2) is 0 Å². The first-order valence-corrected chi connectivity index (χ1v) is 15.1. The third-order valence-electron chi connectivity index (χ3n) is 8.47. The van der Waals surface area contributed by atoms with Crippen molar-refractivity contribution >= 4 is 16.9 Å². The number of hydrogen-bond acceptors (Lipinski definition) is 7. The predicted molar refractivity (Wildman–Crippen MR) is 168 cm³/mol. The molecule has 1 aliphatic heterocycles. The van der Waals surface area contributed by atoms with Gasteiger partial charge in [-0.3, -0.25) is 9.69 Å². The van der Waals surface area contributed by atoms with Crippen molar-refractivity contribution < 1.29 is 25.2 Å². The number of β-amino-alcohol motifs (C(OH)–C–C–N with tert-alkyl or cyclic N) is 1. The van der Waals surface area contributed by atoms with Gasteiger partial charge >= 0.3 is 0 Å². The van der Waals surface area contributed by atoms with E-state index < -0.39 is 18.3 Å². The molecular formula is C34H42N4O5. The zero-order valence-corrected chi connectivity index (χ0v) is 25.1. The number of benzene rings is 3. The lowest BCUT2D eigenvalue weighted by atomic mass is 9.94. The quantitative estimate of drug-likeness (QED) is 0.225. The van der Waals surface area contributed by atoms with Gasteiger partial charge in [-0.2, -0.15) is 0 Å². The van der Waals surface area contributed by atoms with E-state index in [1.165, 1.54) is 16.7 Å². The number of rotatable bonds is 10. The summed E-state index contributed by atoms with van der Waals surface area (Å²) in [6, 6.07) is 20.6. The maximum Gasteiger partial charge on any atom is 0.254 e. The van der Waals surface area contributed by atoms with Crippen molar-refractivity contribution in [2.24, 2.45) is 0 Å². The molecule has 1 fully saturated rings. The number of hydrogen-bond donors (Lipinski definition) is 4. The Bertz CT molecular complexity index is 1580. The van der Waals surface area contributed by atoms with Crippen LogP contribution < -0.4 is 0 Å². The highest BCUT2D eigenvalue weighted by Gasteiger charge is 2.29. The Morgan fingerprint density at radius 1 is 0.884 bits per heavy atom. The highest BCUT2D eigenvalue weighted by Crippen LogP contribution is 2.35. The zero-order valence-electron chi connectivity index (χ0n) is 25.1. The van der Waals surface area contributed by atoms with Gasteiger partial charge in [-0.15, -0.1) is 0 Å². The molecule has 1 saturated heterocycles. The molecule has 4 N–H and O–H groups in total. The summed E-state index contributed by atoms with van der Waals surface area (Å²) in [5, 5.41) is 39.3. The molecule has 3 atom stereocenters. The van der Waals surface area contributed by atoms with Crippen molar-refractivity contribution in [2.75, 3.05) is 39.3 Å². The Morgan fingerprint density at radius 2 is 1.60 bits per heavy atom. The van der Waals surface area contributed by atoms with E-state index in [2.05, 4.69) is 61.7 Å². The summed E-state index contributed by atoms with van der Waals surface area (Å²) in [6.07, 6.45) is -3.66. The van der Waals surface area contributed by atoms with Crippen LogP contribution in [0.15, 0.2) is 60.7 Å². The molecule has 9 nitrogen and oxygen atoms in total. The summed E-state index contributed by atoms with van der Waals surface area (Å²) < 4.78 is 2.20. The fraction of sp³-hybridized carbons (Fsp3) is 0.412. The summed E-state index contributed by atoms with van der Waals surface area (Å²) in [5.74, 6) is 0.805. The smallest absolute Gasteiger partial charge is 0.254 e. The number of fused-ring (bicyclic) bond motifs is 1. The molecule has 1 amide bonds. The SMILES string of the molecule is CCn1c(-c2ccccc2-c2ccc(C)cc2C)nc2cc(C(=O)N3CCN(CC(O)C(O)C(O)CCO)CC3)ccc21. The average molecular weight is 587 g/mol. The first-order chi connectivity index (χ1) is 20.7. The van der Waals surface area contributed by atoms with Crippen molar-refractivity contribution in [3.63, 3.8) is 0 Å². The molecule has 43 heavy (non-hydrogen) atoms. The molecule has 1 aliphatic rings. The first kappa shape index (κ1) is 30.8. The van der Waals surface area contributed by atoms with Crippen LogP contribution in [0.4, 0.5) is 0 Å². The van der Waals surface area contributed by atoms with Crippen LogP contribution in [0.5, 0.6) is 0 Å². The minimum atomic E-state index is -1.33. The molecule has 4 aromatic rings. The normalized spacial score (nSPS) is 16.4. The molecule has 5 rings (SSSR count). The van der Waals surface area contributed by atoms with E-state index in [0.717, 1.165) is 34.5 Å². The number of aliphatic hydroxyl groups is 4. The van der Waals surface area contributed by atoms with Gasteiger partial charge in [0.25, 0.3) is 5.91 Å². The molecule has 0 aliphatic carbocycles. The molecule has 0 saturated carbocycles. The second-order valence-corrected chi connectivity index (χ2v) is 11.5. The van der Waals surface area contributed by atoms with Crippen molar-refractivity contribution in [2.45, 2.75) is 52.0 Å². The number of aliphatic hydroxyl groups excluding tert-OH is 4. The predicted octanol–water partition coefficient (Wildman–Crippen LogP) is 3.23. The fourth-order valence-electron chi connectivity index (χ4n) is 6.07. The summed E-state index contributed by atoms with van der Waals surface area (Å²) in [6.45, 7) is 9.03. The van der Waals surface area contributed by atoms with Crippen LogP contribution in [-0.4, -0.2) is 103 Å².